The molecule has 4 aromatic rings. The van der Waals surface area contributed by atoms with E-state index >= 15 is 0 Å². The number of urea groups is 1. The van der Waals surface area contributed by atoms with Crippen LogP contribution in [0.25, 0.3) is 0 Å². The number of anilines is 4. The Balaban J connectivity index is 1.35. The van der Waals surface area contributed by atoms with Crippen molar-refractivity contribution in [3.8, 4) is 5.75 Å². The van der Waals surface area contributed by atoms with Crippen molar-refractivity contribution in [2.45, 2.75) is 26.3 Å². The summed E-state index contributed by atoms with van der Waals surface area (Å²) < 4.78 is 5.58. The predicted octanol–water partition coefficient (Wildman–Crippen LogP) is 6.72. The van der Waals surface area contributed by atoms with E-state index in [-0.39, 0.29) is 18.0 Å². The number of aryl methyl sites for hydroxylation is 1. The standard InChI is InChI=1S/C35H39N5O3/c1-4-26-14-16-28(17-15-26)37-35(42)38-29-18-19-31(30(24-29)34(41)36-25(2)27-10-6-5-7-11-27)39-20-22-40(23-21-39)32-12-8-9-13-33(32)43-3/h5-19,24-25H,4,20-23H2,1-3H3,(H,36,41)(H2,37,38,42). The number of nitrogens with zero attached hydrogens (tertiary/aromatic N) is 2. The molecule has 3 N–H and O–H groups in total. The van der Waals surface area contributed by atoms with Crippen LogP contribution in [0, 0.1) is 0 Å². The van der Waals surface area contributed by atoms with Gasteiger partial charge in [0.2, 0.25) is 0 Å². The second kappa shape index (κ2) is 13.8. The molecule has 0 saturated carbocycles. The van der Waals surface area contributed by atoms with Gasteiger partial charge in [0.05, 0.1) is 24.4 Å². The van der Waals surface area contributed by atoms with Crippen LogP contribution >= 0.6 is 0 Å². The van der Waals surface area contributed by atoms with E-state index in [0.29, 0.717) is 16.9 Å². The number of para-hydroxylation sites is 2. The number of hydrogen-bond acceptors (Lipinski definition) is 5. The molecule has 43 heavy (non-hydrogen) atoms. The summed E-state index contributed by atoms with van der Waals surface area (Å²) in [6.45, 7) is 7.08. The highest BCUT2D eigenvalue weighted by Crippen LogP contribution is 2.31. The molecule has 1 unspecified atom stereocenters. The second-order valence-electron chi connectivity index (χ2n) is 10.6. The molecule has 1 fully saturated rings. The van der Waals surface area contributed by atoms with Gasteiger partial charge in [-0.2, -0.15) is 0 Å². The minimum Gasteiger partial charge on any atom is -0.495 e. The predicted molar refractivity (Wildman–Crippen MR) is 175 cm³/mol. The number of rotatable bonds is 9. The topological polar surface area (TPSA) is 85.9 Å². The summed E-state index contributed by atoms with van der Waals surface area (Å²) in [4.78, 5) is 31.1. The molecular formula is C35H39N5O3. The van der Waals surface area contributed by atoms with E-state index in [4.69, 9.17) is 4.74 Å². The summed E-state index contributed by atoms with van der Waals surface area (Å²) in [5, 5.41) is 8.93. The highest BCUT2D eigenvalue weighted by molar-refractivity contribution is 6.04. The van der Waals surface area contributed by atoms with Gasteiger partial charge in [-0.25, -0.2) is 4.79 Å². The normalized spacial score (nSPS) is 13.7. The Morgan fingerprint density at radius 2 is 1.37 bits per heavy atom. The van der Waals surface area contributed by atoms with Crippen LogP contribution in [-0.2, 0) is 6.42 Å². The molecule has 1 heterocycles. The Morgan fingerprint density at radius 1 is 0.767 bits per heavy atom. The third kappa shape index (κ3) is 7.27. The molecule has 222 valence electrons. The Morgan fingerprint density at radius 3 is 2.05 bits per heavy atom. The van der Waals surface area contributed by atoms with Crippen molar-refractivity contribution < 1.29 is 14.3 Å². The second-order valence-corrected chi connectivity index (χ2v) is 10.6. The zero-order valence-electron chi connectivity index (χ0n) is 25.0. The minimum atomic E-state index is -0.369. The van der Waals surface area contributed by atoms with Crippen molar-refractivity contribution in [1.82, 2.24) is 5.32 Å². The summed E-state index contributed by atoms with van der Waals surface area (Å²) in [7, 11) is 1.69. The van der Waals surface area contributed by atoms with Crippen LogP contribution in [0.3, 0.4) is 0 Å². The third-order valence-electron chi connectivity index (χ3n) is 7.81. The van der Waals surface area contributed by atoms with Crippen LogP contribution in [0.15, 0.2) is 97.1 Å². The summed E-state index contributed by atoms with van der Waals surface area (Å²) >= 11 is 0. The zero-order chi connectivity index (χ0) is 30.2. The van der Waals surface area contributed by atoms with Gasteiger partial charge in [0.25, 0.3) is 5.91 Å². The molecule has 8 nitrogen and oxygen atoms in total. The molecule has 1 aliphatic rings. The first-order valence-corrected chi connectivity index (χ1v) is 14.7. The molecule has 1 aliphatic heterocycles. The molecule has 0 aliphatic carbocycles. The van der Waals surface area contributed by atoms with Gasteiger partial charge < -0.3 is 30.5 Å². The molecule has 4 aromatic carbocycles. The first-order valence-electron chi connectivity index (χ1n) is 14.7. The van der Waals surface area contributed by atoms with Gasteiger partial charge in [0.15, 0.2) is 0 Å². The fourth-order valence-corrected chi connectivity index (χ4v) is 5.37. The molecule has 0 radical (unpaired) electrons. The average Bonchev–Trinajstić information content (AvgIpc) is 3.05. The van der Waals surface area contributed by atoms with Crippen LogP contribution in [-0.4, -0.2) is 45.2 Å². The van der Waals surface area contributed by atoms with E-state index in [1.165, 1.54) is 5.56 Å². The van der Waals surface area contributed by atoms with Crippen molar-refractivity contribution in [2.75, 3.05) is 53.7 Å². The molecule has 0 aromatic heterocycles. The van der Waals surface area contributed by atoms with Crippen LogP contribution in [0.1, 0.15) is 41.4 Å². The van der Waals surface area contributed by atoms with Gasteiger partial charge in [-0.05, 0) is 66.9 Å². The number of piperazine rings is 1. The fraction of sp³-hybridized carbons (Fsp3) is 0.257. The largest absolute Gasteiger partial charge is 0.495 e. The van der Waals surface area contributed by atoms with Crippen molar-refractivity contribution in [2.24, 2.45) is 0 Å². The minimum absolute atomic E-state index is 0.185. The molecule has 0 spiro atoms. The van der Waals surface area contributed by atoms with E-state index in [9.17, 15) is 9.59 Å². The van der Waals surface area contributed by atoms with Crippen LogP contribution < -0.4 is 30.5 Å². The number of amides is 3. The maximum atomic E-state index is 13.8. The SMILES string of the molecule is CCc1ccc(NC(=O)Nc2ccc(N3CCN(c4ccccc4OC)CC3)c(C(=O)NC(C)c3ccccc3)c2)cc1. The van der Waals surface area contributed by atoms with E-state index in [0.717, 1.165) is 55.3 Å². The van der Waals surface area contributed by atoms with Gasteiger partial charge in [-0.3, -0.25) is 4.79 Å². The highest BCUT2D eigenvalue weighted by atomic mass is 16.5. The summed E-state index contributed by atoms with van der Waals surface area (Å²) in [5.74, 6) is 0.652. The maximum absolute atomic E-state index is 13.8. The van der Waals surface area contributed by atoms with E-state index in [1.54, 1.807) is 13.2 Å². The molecular weight excluding hydrogens is 538 g/mol. The number of hydrogen-bond donors (Lipinski definition) is 3. The van der Waals surface area contributed by atoms with E-state index in [2.05, 4.69) is 38.7 Å². The highest BCUT2D eigenvalue weighted by Gasteiger charge is 2.24. The van der Waals surface area contributed by atoms with Crippen molar-refractivity contribution in [3.63, 3.8) is 0 Å². The number of nitrogens with one attached hydrogen (secondary N) is 3. The Bertz CT molecular complexity index is 1530. The molecule has 0 bridgehead atoms. The molecule has 1 atom stereocenters. The quantitative estimate of drug-likeness (QED) is 0.206. The molecule has 1 saturated heterocycles. The van der Waals surface area contributed by atoms with Crippen LogP contribution in [0.5, 0.6) is 5.75 Å². The maximum Gasteiger partial charge on any atom is 0.323 e. The van der Waals surface area contributed by atoms with Gasteiger partial charge in [-0.1, -0.05) is 61.5 Å². The lowest BCUT2D eigenvalue weighted by molar-refractivity contribution is 0.0940. The monoisotopic (exact) mass is 577 g/mol. The van der Waals surface area contributed by atoms with E-state index in [1.807, 2.05) is 91.9 Å². The van der Waals surface area contributed by atoms with Crippen LogP contribution in [0.4, 0.5) is 27.5 Å². The van der Waals surface area contributed by atoms with Gasteiger partial charge in [0.1, 0.15) is 5.75 Å². The lowest BCUT2D eigenvalue weighted by Gasteiger charge is -2.38. The molecule has 3 amide bonds. The first kappa shape index (κ1) is 29.5. The Hall–Kier alpha value is -4.98. The Labute approximate surface area is 253 Å². The van der Waals surface area contributed by atoms with Crippen molar-refractivity contribution in [3.05, 3.63) is 114 Å². The lowest BCUT2D eigenvalue weighted by Crippen LogP contribution is -2.47. The number of methoxy groups -OCH3 is 1. The summed E-state index contributed by atoms with van der Waals surface area (Å²) in [5.41, 5.74) is 5.87. The smallest absolute Gasteiger partial charge is 0.323 e. The molecule has 5 rings (SSSR count). The summed E-state index contributed by atoms with van der Waals surface area (Å²) in [6, 6.07) is 30.6. The number of benzene rings is 4. The van der Waals surface area contributed by atoms with Gasteiger partial charge in [-0.15, -0.1) is 0 Å². The van der Waals surface area contributed by atoms with Gasteiger partial charge >= 0.3 is 6.03 Å². The number of carbonyl (C=O) groups is 2. The summed E-state index contributed by atoms with van der Waals surface area (Å²) in [6.07, 6.45) is 0.933. The average molecular weight is 578 g/mol. The van der Waals surface area contributed by atoms with Crippen molar-refractivity contribution >= 4 is 34.7 Å². The Kier molecular flexibility index (Phi) is 9.46. The lowest BCUT2D eigenvalue weighted by atomic mass is 10.1. The van der Waals surface area contributed by atoms with E-state index < -0.39 is 0 Å². The van der Waals surface area contributed by atoms with Crippen molar-refractivity contribution in [1.29, 1.82) is 0 Å². The molecule has 8 heteroatoms. The zero-order valence-corrected chi connectivity index (χ0v) is 25.0. The first-order chi connectivity index (χ1) is 20.9. The fourth-order valence-electron chi connectivity index (χ4n) is 5.37. The van der Waals surface area contributed by atoms with Crippen LogP contribution in [0.2, 0.25) is 0 Å². The number of ether oxygens (including phenoxy) is 1. The van der Waals surface area contributed by atoms with Gasteiger partial charge in [0, 0.05) is 43.2 Å². The number of carbonyl (C=O) groups excluding carboxylic acids is 2. The third-order valence-corrected chi connectivity index (χ3v) is 7.81.